The van der Waals surface area contributed by atoms with Crippen molar-refractivity contribution in [1.29, 1.82) is 0 Å². The first-order valence-corrected chi connectivity index (χ1v) is 19.1. The summed E-state index contributed by atoms with van der Waals surface area (Å²) in [6.45, 7) is 13.4. The highest BCUT2D eigenvalue weighted by Gasteiger charge is 2.30. The number of hydrogen-bond donors (Lipinski definition) is 2. The van der Waals surface area contributed by atoms with E-state index in [2.05, 4.69) is 25.3 Å². The predicted molar refractivity (Wildman–Crippen MR) is 217 cm³/mol. The summed E-state index contributed by atoms with van der Waals surface area (Å²) in [5, 5.41) is 25.7. The monoisotopic (exact) mass is 850 g/mol. The molecular formula is C36H45Cl3N10O8. The standard InChI is InChI=1S/C18H22ClN5O4.C10H20N2O2.C8H3Cl2N3O2/c1-18(2,3)28-17(25)23-8-4-5-11(10-23)21-16-13(24(26)27)9-20-12-6-7-14(19)22-15(12)16;1-10(2,3)14-9(13)12-6-4-5-8(11)7-12;9-6-2-1-4-8(12-6)7(10)5(3-11-4)13(14)15/h6-7,9,11H,4-5,8,10H2,1-3H3,(H,20,21);8H,4-7,11H2,1-3H3;1-3H/t11-;8-;/m01./s1. The maximum absolute atomic E-state index is 12.4. The van der Waals surface area contributed by atoms with Crippen LogP contribution in [0.1, 0.15) is 67.2 Å². The minimum atomic E-state index is -0.614. The lowest BCUT2D eigenvalue weighted by Gasteiger charge is -2.34. The molecular weight excluding hydrogens is 807 g/mol. The summed E-state index contributed by atoms with van der Waals surface area (Å²) in [5.41, 5.74) is 6.10. The van der Waals surface area contributed by atoms with E-state index in [4.69, 9.17) is 50.0 Å². The minimum absolute atomic E-state index is 0.0486. The van der Waals surface area contributed by atoms with Gasteiger partial charge in [0.05, 0.1) is 20.9 Å². The first-order valence-electron chi connectivity index (χ1n) is 17.9. The number of nitrogens with zero attached hydrogens (tertiary/aromatic N) is 8. The van der Waals surface area contributed by atoms with Crippen molar-refractivity contribution in [2.75, 3.05) is 31.5 Å². The number of amides is 2. The maximum Gasteiger partial charge on any atom is 0.410 e. The minimum Gasteiger partial charge on any atom is -0.444 e. The highest BCUT2D eigenvalue weighted by molar-refractivity contribution is 6.37. The first kappa shape index (κ1) is 44.8. The molecule has 4 aromatic heterocycles. The van der Waals surface area contributed by atoms with E-state index >= 15 is 0 Å². The van der Waals surface area contributed by atoms with Crippen LogP contribution in [0.25, 0.3) is 22.1 Å². The summed E-state index contributed by atoms with van der Waals surface area (Å²) in [4.78, 5) is 64.3. The van der Waals surface area contributed by atoms with Gasteiger partial charge in [-0.3, -0.25) is 20.2 Å². The number of nitrogens with one attached hydrogen (secondary N) is 1. The van der Waals surface area contributed by atoms with Crippen molar-refractivity contribution in [2.24, 2.45) is 5.73 Å². The average Bonchev–Trinajstić information content (AvgIpc) is 3.11. The Bertz CT molecular complexity index is 2120. The van der Waals surface area contributed by atoms with Crippen LogP contribution in [0.3, 0.4) is 0 Å². The number of carbonyl (C=O) groups is 2. The summed E-state index contributed by atoms with van der Waals surface area (Å²) < 4.78 is 10.7. The third kappa shape index (κ3) is 13.1. The smallest absolute Gasteiger partial charge is 0.410 e. The molecule has 2 atom stereocenters. The quantitative estimate of drug-likeness (QED) is 0.112. The Morgan fingerprint density at radius 3 is 1.75 bits per heavy atom. The van der Waals surface area contributed by atoms with Crippen LogP contribution in [0, 0.1) is 20.2 Å². The first-order chi connectivity index (χ1) is 26.6. The fourth-order valence-electron chi connectivity index (χ4n) is 5.74. The van der Waals surface area contributed by atoms with Gasteiger partial charge < -0.3 is 30.3 Å². The van der Waals surface area contributed by atoms with Crippen LogP contribution in [-0.2, 0) is 9.47 Å². The zero-order valence-corrected chi connectivity index (χ0v) is 34.6. The molecule has 4 aromatic rings. The second-order valence-corrected chi connectivity index (χ2v) is 16.4. The molecule has 0 aromatic carbocycles. The van der Waals surface area contributed by atoms with E-state index in [1.807, 2.05) is 41.5 Å². The molecule has 0 bridgehead atoms. The molecule has 57 heavy (non-hydrogen) atoms. The fraction of sp³-hybridized carbons (Fsp3) is 0.500. The fourth-order valence-corrected chi connectivity index (χ4v) is 6.29. The van der Waals surface area contributed by atoms with E-state index in [-0.39, 0.29) is 56.1 Å². The Hall–Kier alpha value is -4.91. The molecule has 2 aliphatic heterocycles. The van der Waals surface area contributed by atoms with Gasteiger partial charge >= 0.3 is 23.6 Å². The summed E-state index contributed by atoms with van der Waals surface area (Å²) in [6.07, 6.45) is 5.14. The Morgan fingerprint density at radius 1 is 0.772 bits per heavy atom. The van der Waals surface area contributed by atoms with E-state index in [0.29, 0.717) is 36.2 Å². The number of carbonyl (C=O) groups excluding carboxylic acids is 2. The van der Waals surface area contributed by atoms with Crippen molar-refractivity contribution in [3.8, 4) is 0 Å². The predicted octanol–water partition coefficient (Wildman–Crippen LogP) is 8.19. The molecule has 0 saturated carbocycles. The van der Waals surface area contributed by atoms with Crippen LogP contribution in [-0.4, -0.2) is 101 Å². The second-order valence-electron chi connectivity index (χ2n) is 15.2. The molecule has 2 saturated heterocycles. The third-order valence-electron chi connectivity index (χ3n) is 8.18. The molecule has 6 rings (SSSR count). The number of pyridine rings is 4. The summed E-state index contributed by atoms with van der Waals surface area (Å²) in [6, 6.07) is 6.30. The third-order valence-corrected chi connectivity index (χ3v) is 8.98. The number of nitrogens with two attached hydrogens (primary N) is 1. The molecule has 21 heteroatoms. The number of hydrogen-bond acceptors (Lipinski definition) is 14. The van der Waals surface area contributed by atoms with Gasteiger partial charge in [0.1, 0.15) is 55.6 Å². The number of piperidine rings is 2. The average molecular weight is 852 g/mol. The summed E-state index contributed by atoms with van der Waals surface area (Å²) in [7, 11) is 0. The number of aromatic nitrogens is 4. The molecule has 6 heterocycles. The number of rotatable bonds is 4. The maximum atomic E-state index is 12.4. The summed E-state index contributed by atoms with van der Waals surface area (Å²) >= 11 is 17.4. The van der Waals surface area contributed by atoms with Crippen LogP contribution in [0.15, 0.2) is 36.7 Å². The number of anilines is 1. The number of nitro groups is 2. The van der Waals surface area contributed by atoms with Crippen molar-refractivity contribution in [2.45, 2.75) is 90.5 Å². The second kappa shape index (κ2) is 19.0. The van der Waals surface area contributed by atoms with Gasteiger partial charge in [0.15, 0.2) is 0 Å². The van der Waals surface area contributed by atoms with Crippen molar-refractivity contribution >= 4 is 86.1 Å². The Kier molecular flexibility index (Phi) is 15.0. The molecule has 0 radical (unpaired) electrons. The molecule has 18 nitrogen and oxygen atoms in total. The lowest BCUT2D eigenvalue weighted by molar-refractivity contribution is -0.384. The van der Waals surface area contributed by atoms with Gasteiger partial charge in [-0.1, -0.05) is 34.8 Å². The number of ether oxygens (including phenoxy) is 2. The van der Waals surface area contributed by atoms with Gasteiger partial charge in [-0.2, -0.15) is 0 Å². The lowest BCUT2D eigenvalue weighted by atomic mass is 10.1. The van der Waals surface area contributed by atoms with Crippen LogP contribution in [0.5, 0.6) is 0 Å². The molecule has 3 N–H and O–H groups in total. The van der Waals surface area contributed by atoms with Crippen LogP contribution < -0.4 is 11.1 Å². The number of fused-ring (bicyclic) bond motifs is 2. The zero-order chi connectivity index (χ0) is 42.2. The van der Waals surface area contributed by atoms with Gasteiger partial charge in [-0.05, 0) is 91.5 Å². The normalized spacial score (nSPS) is 17.1. The lowest BCUT2D eigenvalue weighted by Crippen LogP contribution is -2.47. The van der Waals surface area contributed by atoms with Crippen molar-refractivity contribution < 1.29 is 28.9 Å². The van der Waals surface area contributed by atoms with Crippen molar-refractivity contribution in [1.82, 2.24) is 29.7 Å². The summed E-state index contributed by atoms with van der Waals surface area (Å²) in [5.74, 6) is 0. The number of likely N-dealkylation sites (tertiary alicyclic amines) is 2. The van der Waals surface area contributed by atoms with Crippen LogP contribution in [0.2, 0.25) is 15.3 Å². The Labute approximate surface area is 343 Å². The molecule has 2 fully saturated rings. The Morgan fingerprint density at radius 2 is 1.25 bits per heavy atom. The van der Waals surface area contributed by atoms with Gasteiger partial charge in [-0.25, -0.2) is 29.5 Å². The zero-order valence-electron chi connectivity index (χ0n) is 32.3. The molecule has 0 unspecified atom stereocenters. The molecule has 0 spiro atoms. The Balaban J connectivity index is 0.000000209. The van der Waals surface area contributed by atoms with Crippen molar-refractivity contribution in [3.63, 3.8) is 0 Å². The molecule has 308 valence electrons. The van der Waals surface area contributed by atoms with Crippen molar-refractivity contribution in [3.05, 3.63) is 72.2 Å². The topological polar surface area (TPSA) is 235 Å². The molecule has 2 amide bonds. The van der Waals surface area contributed by atoms with E-state index in [9.17, 15) is 29.8 Å². The van der Waals surface area contributed by atoms with Gasteiger partial charge in [-0.15, -0.1) is 0 Å². The van der Waals surface area contributed by atoms with Gasteiger partial charge in [0.25, 0.3) is 0 Å². The van der Waals surface area contributed by atoms with Gasteiger partial charge in [0.2, 0.25) is 0 Å². The molecule has 2 aliphatic rings. The highest BCUT2D eigenvalue weighted by Crippen LogP contribution is 2.33. The van der Waals surface area contributed by atoms with E-state index in [1.165, 1.54) is 6.20 Å². The highest BCUT2D eigenvalue weighted by atomic mass is 35.5. The van der Waals surface area contributed by atoms with Gasteiger partial charge in [0, 0.05) is 38.3 Å². The van der Waals surface area contributed by atoms with Crippen LogP contribution in [0.4, 0.5) is 26.7 Å². The largest absolute Gasteiger partial charge is 0.444 e. The SMILES string of the molecule is CC(C)(C)OC(=O)N1CCC[C@@H](N)C1.CC(C)(C)OC(=O)N1CCC[C@H](Nc2c([N+](=O)[O-])cnc3ccc(Cl)nc23)C1.O=[N+]([O-])c1cnc2ccc(Cl)nc2c1Cl. The van der Waals surface area contributed by atoms with E-state index < -0.39 is 27.1 Å². The van der Waals surface area contributed by atoms with E-state index in [0.717, 1.165) is 38.4 Å². The van der Waals surface area contributed by atoms with Crippen LogP contribution >= 0.6 is 34.8 Å². The molecule has 0 aliphatic carbocycles. The number of halogens is 3. The van der Waals surface area contributed by atoms with E-state index in [1.54, 1.807) is 34.1 Å².